The number of methoxy groups -OCH3 is 1. The lowest BCUT2D eigenvalue weighted by Crippen LogP contribution is -2.34. The summed E-state index contributed by atoms with van der Waals surface area (Å²) in [6.07, 6.45) is 16.6. The molecule has 11 rings (SSSR count). The number of unbranched alkanes of at least 4 members (excludes halogenated alkanes) is 2. The fourth-order valence-corrected chi connectivity index (χ4v) is 16.4. The zero-order valence-corrected chi connectivity index (χ0v) is 60.9. The van der Waals surface area contributed by atoms with Crippen molar-refractivity contribution in [2.45, 2.75) is 145 Å². The summed E-state index contributed by atoms with van der Waals surface area (Å²) < 4.78 is 114. The van der Waals surface area contributed by atoms with E-state index >= 15 is 0 Å². The third-order valence-corrected chi connectivity index (χ3v) is 22.2. The smallest absolute Gasteiger partial charge is 0.373 e. The van der Waals surface area contributed by atoms with Gasteiger partial charge in [-0.3, -0.25) is 28.2 Å². The van der Waals surface area contributed by atoms with Crippen LogP contribution in [0.25, 0.3) is 27.1 Å². The molecule has 1 atom stereocenters. The number of hydrogen-bond acceptors (Lipinski definition) is 17. The van der Waals surface area contributed by atoms with E-state index in [2.05, 4.69) is 45.4 Å². The minimum atomic E-state index is -4.98. The molecule has 4 aliphatic rings. The molecule has 0 bridgehead atoms. The molecular weight excluding hydrogens is 1370 g/mol. The SMILES string of the molecule is CCN1/C(=C/C=C(/C=C/C2=[N+](CC)c3ccc4c(C)cc(S(=O)(=O)O)cc4c3C2(C)C)c2ccc(C(=O)NCCCCCC(=O)NCc3cc4c(nc3CCCN3CCN([C@@H](C)c5ccc(OC)nc5)C3=O)NCCC4)cn2)C(C)(C)c2c1ccc1c(S(=O)(=O)O)cc(S(=O)(=O)O)cc21.O=C=O. The molecular formula is C74H85N10O15S3+. The molecule has 3 aromatic heterocycles. The lowest BCUT2D eigenvalue weighted by atomic mass is 9.78. The topological polar surface area (TPSA) is 345 Å². The molecule has 102 heavy (non-hydrogen) atoms. The number of likely N-dealkylation sites (N-methyl/N-ethyl adjacent to an activating group) is 1. The van der Waals surface area contributed by atoms with E-state index < -0.39 is 51.0 Å². The Morgan fingerprint density at radius 2 is 1.52 bits per heavy atom. The molecule has 0 unspecified atom stereocenters. The Morgan fingerprint density at radius 3 is 2.18 bits per heavy atom. The molecule has 4 aromatic carbocycles. The second kappa shape index (κ2) is 30.6. The maximum Gasteiger partial charge on any atom is 0.373 e. The van der Waals surface area contributed by atoms with E-state index in [9.17, 15) is 53.3 Å². The van der Waals surface area contributed by atoms with Gasteiger partial charge in [0.05, 0.1) is 39.6 Å². The third-order valence-electron chi connectivity index (χ3n) is 19.6. The van der Waals surface area contributed by atoms with Gasteiger partial charge < -0.3 is 35.4 Å². The number of hydrogen-bond donors (Lipinski definition) is 6. The van der Waals surface area contributed by atoms with E-state index in [1.807, 2.05) is 91.8 Å². The highest BCUT2D eigenvalue weighted by Crippen LogP contribution is 2.52. The maximum atomic E-state index is 13.7. The van der Waals surface area contributed by atoms with Crippen LogP contribution < -0.4 is 25.6 Å². The van der Waals surface area contributed by atoms with Crippen molar-refractivity contribution in [3.05, 3.63) is 172 Å². The molecule has 28 heteroatoms. The number of aromatic nitrogens is 3. The van der Waals surface area contributed by atoms with Crippen LogP contribution in [0.15, 0.2) is 136 Å². The fourth-order valence-electron chi connectivity index (χ4n) is 14.5. The first-order chi connectivity index (χ1) is 48.3. The van der Waals surface area contributed by atoms with Crippen LogP contribution in [0.4, 0.5) is 22.0 Å². The van der Waals surface area contributed by atoms with E-state index in [-0.39, 0.29) is 45.7 Å². The molecule has 0 aliphatic carbocycles. The summed E-state index contributed by atoms with van der Waals surface area (Å²) in [5, 5.41) is 11.3. The van der Waals surface area contributed by atoms with Gasteiger partial charge in [-0.1, -0.05) is 38.5 Å². The zero-order chi connectivity index (χ0) is 73.8. The number of anilines is 2. The summed E-state index contributed by atoms with van der Waals surface area (Å²) in [6, 6.07) is 21.3. The molecule has 4 aliphatic heterocycles. The number of amides is 4. The predicted octanol–water partition coefficient (Wildman–Crippen LogP) is 10.8. The van der Waals surface area contributed by atoms with E-state index in [1.165, 1.54) is 30.5 Å². The lowest BCUT2D eigenvalue weighted by Gasteiger charge is -2.26. The average Bonchev–Trinajstić information content (AvgIpc) is 1.55. The second-order valence-electron chi connectivity index (χ2n) is 26.7. The second-order valence-corrected chi connectivity index (χ2v) is 30.9. The van der Waals surface area contributed by atoms with Crippen LogP contribution in [-0.2, 0) is 75.0 Å². The minimum absolute atomic E-state index is 0.0101. The molecule has 7 heterocycles. The van der Waals surface area contributed by atoms with E-state index in [4.69, 9.17) is 24.3 Å². The molecule has 1 saturated heterocycles. The van der Waals surface area contributed by atoms with Crippen molar-refractivity contribution in [3.8, 4) is 5.88 Å². The van der Waals surface area contributed by atoms with Crippen LogP contribution in [0.1, 0.15) is 148 Å². The summed E-state index contributed by atoms with van der Waals surface area (Å²) in [5.41, 5.74) is 8.85. The van der Waals surface area contributed by atoms with Crippen molar-refractivity contribution in [1.29, 1.82) is 0 Å². The number of rotatable bonds is 25. The summed E-state index contributed by atoms with van der Waals surface area (Å²) in [7, 11) is -12.9. The number of pyridine rings is 3. The number of fused-ring (bicyclic) bond motifs is 7. The van der Waals surface area contributed by atoms with Gasteiger partial charge in [-0.15, -0.1) is 0 Å². The Balaban J connectivity index is 0.00000367. The fraction of sp³-hybridized carbons (Fsp3) is 0.378. The molecule has 0 radical (unpaired) electrons. The van der Waals surface area contributed by atoms with Crippen molar-refractivity contribution in [3.63, 3.8) is 0 Å². The maximum absolute atomic E-state index is 13.7. The molecule has 6 N–H and O–H groups in total. The normalized spacial score (nSPS) is 16.4. The first-order valence-electron chi connectivity index (χ1n) is 33.8. The summed E-state index contributed by atoms with van der Waals surface area (Å²) in [4.78, 5) is 75.2. The van der Waals surface area contributed by atoms with Crippen molar-refractivity contribution in [2.24, 2.45) is 0 Å². The number of carbonyl (C=O) groups is 3. The summed E-state index contributed by atoms with van der Waals surface area (Å²) in [6.45, 7) is 20.0. The highest BCUT2D eigenvalue weighted by Gasteiger charge is 2.46. The van der Waals surface area contributed by atoms with Crippen LogP contribution in [0.2, 0.25) is 0 Å². The monoisotopic (exact) mass is 1450 g/mol. The summed E-state index contributed by atoms with van der Waals surface area (Å²) in [5.74, 6) is 0.967. The Hall–Kier alpha value is -9.54. The number of carbonyl (C=O) groups excluding carboxylic acids is 5. The van der Waals surface area contributed by atoms with E-state index in [0.717, 1.165) is 81.7 Å². The third kappa shape index (κ3) is 15.7. The van der Waals surface area contributed by atoms with Crippen LogP contribution >= 0.6 is 0 Å². The molecule has 4 amide bonds. The molecule has 25 nitrogen and oxygen atoms in total. The Labute approximate surface area is 594 Å². The van der Waals surface area contributed by atoms with Crippen LogP contribution in [-0.4, -0.2) is 151 Å². The van der Waals surface area contributed by atoms with Gasteiger partial charge in [0.15, 0.2) is 5.71 Å². The molecule has 1 fully saturated rings. The molecule has 538 valence electrons. The number of urea groups is 1. The van der Waals surface area contributed by atoms with Crippen molar-refractivity contribution in [2.75, 3.05) is 63.1 Å². The van der Waals surface area contributed by atoms with Gasteiger partial charge in [0.2, 0.25) is 17.5 Å². The Bertz CT molecular complexity index is 4990. The first-order valence-corrected chi connectivity index (χ1v) is 38.1. The van der Waals surface area contributed by atoms with Gasteiger partial charge in [0.25, 0.3) is 36.3 Å². The zero-order valence-electron chi connectivity index (χ0n) is 58.5. The van der Waals surface area contributed by atoms with Crippen LogP contribution in [0.3, 0.4) is 0 Å². The van der Waals surface area contributed by atoms with Crippen molar-refractivity contribution < 1.29 is 72.2 Å². The minimum Gasteiger partial charge on any atom is -0.481 e. The largest absolute Gasteiger partial charge is 0.481 e. The predicted molar refractivity (Wildman–Crippen MR) is 386 cm³/mol. The number of allylic oxidation sites excluding steroid dienone is 6. The van der Waals surface area contributed by atoms with Gasteiger partial charge >= 0.3 is 12.2 Å². The number of benzene rings is 4. The quantitative estimate of drug-likeness (QED) is 0.0134. The standard InChI is InChI=1S/C73H84N10O13S3.CO2/c1-10-81-60-27-24-54-45(3)37-52(97(87,88)89)39-56(54)67(60)72(5,6)63(81)29-21-47(22-30-64-73(7,8)68-57-40-53(98(90,91)92)41-62(99(93,94)95)55(57)25-28-61(68)82(64)11-2)58-26-20-50(43-76-58)70(85)75-32-14-12-13-19-65(84)77-44-51-38-48-17-15-33-74-69(48)79-59(51)18-16-34-80-35-36-83(71(80)86)46(4)49-23-31-66(96-9)78-42-49;2-1-3/h20-31,37-43,46H,10-19,32-36,44H2,1-9H3,(H5-,74,75,77,79,84,85,87,88,89,90,91,92,93,94,95);/p+1/t46-;/m0./s1. The van der Waals surface area contributed by atoms with Crippen LogP contribution in [0.5, 0.6) is 5.88 Å². The van der Waals surface area contributed by atoms with Gasteiger partial charge in [0.1, 0.15) is 17.3 Å². The van der Waals surface area contributed by atoms with Crippen LogP contribution in [0, 0.1) is 6.92 Å². The van der Waals surface area contributed by atoms with Gasteiger partial charge in [-0.05, 0) is 191 Å². The molecule has 0 spiro atoms. The summed E-state index contributed by atoms with van der Waals surface area (Å²) >= 11 is 0. The van der Waals surface area contributed by atoms with E-state index in [0.29, 0.717) is 129 Å². The first kappa shape index (κ1) is 75.1. The van der Waals surface area contributed by atoms with Crippen molar-refractivity contribution in [1.82, 2.24) is 35.4 Å². The number of aryl methyl sites for hydroxylation is 3. The van der Waals surface area contributed by atoms with Gasteiger partial charge in [0, 0.05) is 122 Å². The number of ether oxygens (including phenoxy) is 1. The number of nitrogens with one attached hydrogen (secondary N) is 3. The van der Waals surface area contributed by atoms with E-state index in [1.54, 1.807) is 44.5 Å². The lowest BCUT2D eigenvalue weighted by molar-refractivity contribution is -0.433. The van der Waals surface area contributed by atoms with Crippen molar-refractivity contribution >= 4 is 104 Å². The van der Waals surface area contributed by atoms with Gasteiger partial charge in [-0.2, -0.15) is 39.4 Å². The average molecular weight is 1450 g/mol. The molecule has 7 aromatic rings. The highest BCUT2D eigenvalue weighted by atomic mass is 32.2. The molecule has 0 saturated carbocycles. The van der Waals surface area contributed by atoms with Gasteiger partial charge in [-0.25, -0.2) is 14.8 Å². The number of nitrogens with zero attached hydrogens (tertiary/aromatic N) is 7. The highest BCUT2D eigenvalue weighted by molar-refractivity contribution is 7.87. The Morgan fingerprint density at radius 1 is 0.804 bits per heavy atom. The Kier molecular flexibility index (Phi) is 22.5.